The van der Waals surface area contributed by atoms with Crippen molar-refractivity contribution in [2.75, 3.05) is 7.11 Å². The van der Waals surface area contributed by atoms with Crippen LogP contribution in [0.5, 0.6) is 5.75 Å². The fourth-order valence-corrected chi connectivity index (χ4v) is 1.85. The molecule has 1 heterocycles. The van der Waals surface area contributed by atoms with Gasteiger partial charge in [-0.25, -0.2) is 0 Å². The minimum Gasteiger partial charge on any atom is -0.497 e. The predicted octanol–water partition coefficient (Wildman–Crippen LogP) is 2.76. The van der Waals surface area contributed by atoms with E-state index in [0.29, 0.717) is 18.0 Å². The molecule has 0 atom stereocenters. The predicted molar refractivity (Wildman–Crippen MR) is 73.0 cm³/mol. The summed E-state index contributed by atoms with van der Waals surface area (Å²) in [5, 5.41) is 0. The van der Waals surface area contributed by atoms with Crippen molar-refractivity contribution in [3.63, 3.8) is 0 Å². The average Bonchev–Trinajstić information content (AvgIpc) is 2.48. The van der Waals surface area contributed by atoms with Crippen LogP contribution in [0.25, 0.3) is 0 Å². The number of aromatic nitrogens is 1. The summed E-state index contributed by atoms with van der Waals surface area (Å²) in [6, 6.07) is 7.57. The van der Waals surface area contributed by atoms with Crippen LogP contribution in [-0.4, -0.2) is 17.5 Å². The zero-order valence-electron chi connectivity index (χ0n) is 11.6. The molecule has 0 amide bonds. The van der Waals surface area contributed by atoms with E-state index in [1.807, 2.05) is 0 Å². The standard InChI is InChI=1S/C15H12F3NO3/c1-22-12-5-2-10(3-6-12)13(20)9-19-8-11(15(16,17)18)4-7-14(19)21/h2-8H,9H2,1H3. The monoisotopic (exact) mass is 311 g/mol. The van der Waals surface area contributed by atoms with Crippen LogP contribution in [0.3, 0.4) is 0 Å². The van der Waals surface area contributed by atoms with Crippen LogP contribution in [0.2, 0.25) is 0 Å². The van der Waals surface area contributed by atoms with Crippen molar-refractivity contribution in [2.24, 2.45) is 0 Å². The molecule has 0 aliphatic rings. The number of hydrogen-bond donors (Lipinski definition) is 0. The van der Waals surface area contributed by atoms with Gasteiger partial charge in [-0.15, -0.1) is 0 Å². The van der Waals surface area contributed by atoms with Crippen molar-refractivity contribution in [2.45, 2.75) is 12.7 Å². The van der Waals surface area contributed by atoms with Gasteiger partial charge in [0.05, 0.1) is 19.2 Å². The Labute approximate surface area is 123 Å². The van der Waals surface area contributed by atoms with E-state index in [4.69, 9.17) is 4.74 Å². The molecule has 4 nitrogen and oxygen atoms in total. The lowest BCUT2D eigenvalue weighted by atomic mass is 10.1. The molecule has 0 saturated heterocycles. The molecule has 7 heteroatoms. The molecule has 0 N–H and O–H groups in total. The molecule has 0 unspecified atom stereocenters. The summed E-state index contributed by atoms with van der Waals surface area (Å²) >= 11 is 0. The number of methoxy groups -OCH3 is 1. The van der Waals surface area contributed by atoms with Crippen LogP contribution in [-0.2, 0) is 12.7 Å². The van der Waals surface area contributed by atoms with Gasteiger partial charge in [0.1, 0.15) is 5.75 Å². The van der Waals surface area contributed by atoms with Gasteiger partial charge in [-0.2, -0.15) is 13.2 Å². The van der Waals surface area contributed by atoms with Crippen molar-refractivity contribution in [3.05, 3.63) is 64.1 Å². The molecular formula is C15H12F3NO3. The first-order valence-corrected chi connectivity index (χ1v) is 6.26. The molecule has 22 heavy (non-hydrogen) atoms. The van der Waals surface area contributed by atoms with Crippen LogP contribution in [0.15, 0.2) is 47.4 Å². The average molecular weight is 311 g/mol. The van der Waals surface area contributed by atoms with Crippen LogP contribution >= 0.6 is 0 Å². The summed E-state index contributed by atoms with van der Waals surface area (Å²) in [4.78, 5) is 23.6. The Hall–Kier alpha value is -2.57. The molecule has 0 fully saturated rings. The highest BCUT2D eigenvalue weighted by Gasteiger charge is 2.31. The first kappa shape index (κ1) is 15.8. The molecular weight excluding hydrogens is 299 g/mol. The Balaban J connectivity index is 2.25. The molecule has 2 aromatic rings. The quantitative estimate of drug-likeness (QED) is 0.816. The minimum absolute atomic E-state index is 0.283. The SMILES string of the molecule is COc1ccc(C(=O)Cn2cc(C(F)(F)F)ccc2=O)cc1. The van der Waals surface area contributed by atoms with Gasteiger partial charge in [0.25, 0.3) is 5.56 Å². The van der Waals surface area contributed by atoms with Crippen molar-refractivity contribution in [1.29, 1.82) is 0 Å². The van der Waals surface area contributed by atoms with E-state index in [-0.39, 0.29) is 5.56 Å². The topological polar surface area (TPSA) is 48.3 Å². The van der Waals surface area contributed by atoms with E-state index >= 15 is 0 Å². The number of ether oxygens (including phenoxy) is 1. The largest absolute Gasteiger partial charge is 0.497 e. The number of halogens is 3. The van der Waals surface area contributed by atoms with E-state index in [0.717, 1.165) is 10.6 Å². The van der Waals surface area contributed by atoms with Gasteiger partial charge < -0.3 is 9.30 Å². The second-order valence-electron chi connectivity index (χ2n) is 4.53. The van der Waals surface area contributed by atoms with Crippen molar-refractivity contribution in [3.8, 4) is 5.75 Å². The Bertz CT molecular complexity index is 733. The maximum Gasteiger partial charge on any atom is 0.417 e. The number of benzene rings is 1. The summed E-state index contributed by atoms with van der Waals surface area (Å²) in [6.07, 6.45) is -3.93. The van der Waals surface area contributed by atoms with Crippen LogP contribution in [0.4, 0.5) is 13.2 Å². The molecule has 116 valence electrons. The van der Waals surface area contributed by atoms with E-state index in [9.17, 15) is 22.8 Å². The second-order valence-corrected chi connectivity index (χ2v) is 4.53. The number of rotatable bonds is 4. The van der Waals surface area contributed by atoms with E-state index in [1.54, 1.807) is 12.1 Å². The number of pyridine rings is 1. The van der Waals surface area contributed by atoms with Gasteiger partial charge in [-0.05, 0) is 30.3 Å². The van der Waals surface area contributed by atoms with Gasteiger partial charge in [0.15, 0.2) is 5.78 Å². The lowest BCUT2D eigenvalue weighted by Gasteiger charge is -2.10. The highest BCUT2D eigenvalue weighted by Crippen LogP contribution is 2.28. The number of carbonyl (C=O) groups excluding carboxylic acids is 1. The van der Waals surface area contributed by atoms with Crippen molar-refractivity contribution in [1.82, 2.24) is 4.57 Å². The first-order valence-electron chi connectivity index (χ1n) is 6.26. The maximum absolute atomic E-state index is 12.6. The molecule has 0 aliphatic carbocycles. The summed E-state index contributed by atoms with van der Waals surface area (Å²) in [5.74, 6) is 0.0804. The van der Waals surface area contributed by atoms with Gasteiger partial charge in [-0.1, -0.05) is 0 Å². The van der Waals surface area contributed by atoms with Crippen molar-refractivity contribution >= 4 is 5.78 Å². The highest BCUT2D eigenvalue weighted by molar-refractivity contribution is 5.96. The molecule has 1 aromatic carbocycles. The molecule has 0 saturated carbocycles. The summed E-state index contributed by atoms with van der Waals surface area (Å²) in [5.41, 5.74) is -1.37. The Kier molecular flexibility index (Phi) is 4.35. The number of Topliss-reactive ketones (excluding diaryl/α,β-unsaturated/α-hetero) is 1. The Morgan fingerprint density at radius 1 is 1.14 bits per heavy atom. The molecule has 2 rings (SSSR count). The maximum atomic E-state index is 12.6. The minimum atomic E-state index is -4.57. The Morgan fingerprint density at radius 2 is 1.77 bits per heavy atom. The lowest BCUT2D eigenvalue weighted by molar-refractivity contribution is -0.138. The van der Waals surface area contributed by atoms with Crippen LogP contribution in [0, 0.1) is 0 Å². The number of nitrogens with zero attached hydrogens (tertiary/aromatic N) is 1. The third kappa shape index (κ3) is 3.55. The lowest BCUT2D eigenvalue weighted by Crippen LogP contribution is -2.25. The molecule has 1 aromatic heterocycles. The summed E-state index contributed by atoms with van der Waals surface area (Å²) in [7, 11) is 1.47. The number of hydrogen-bond acceptors (Lipinski definition) is 3. The van der Waals surface area contributed by atoms with Gasteiger partial charge in [0, 0.05) is 17.8 Å². The van der Waals surface area contributed by atoms with E-state index in [1.165, 1.54) is 19.2 Å². The van der Waals surface area contributed by atoms with E-state index in [2.05, 4.69) is 0 Å². The number of ketones is 1. The number of alkyl halides is 3. The summed E-state index contributed by atoms with van der Waals surface area (Å²) < 4.78 is 43.6. The smallest absolute Gasteiger partial charge is 0.417 e. The molecule has 0 aliphatic heterocycles. The van der Waals surface area contributed by atoms with Gasteiger partial charge in [0.2, 0.25) is 0 Å². The third-order valence-corrected chi connectivity index (χ3v) is 3.04. The first-order chi connectivity index (χ1) is 10.3. The normalized spacial score (nSPS) is 11.3. The van der Waals surface area contributed by atoms with Crippen LogP contribution < -0.4 is 10.3 Å². The van der Waals surface area contributed by atoms with E-state index < -0.39 is 29.6 Å². The summed E-state index contributed by atoms with van der Waals surface area (Å²) in [6.45, 7) is -0.463. The fourth-order valence-electron chi connectivity index (χ4n) is 1.85. The third-order valence-electron chi connectivity index (χ3n) is 3.04. The second kappa shape index (κ2) is 6.05. The highest BCUT2D eigenvalue weighted by atomic mass is 19.4. The van der Waals surface area contributed by atoms with Gasteiger partial charge in [-0.3, -0.25) is 9.59 Å². The zero-order valence-corrected chi connectivity index (χ0v) is 11.6. The molecule has 0 radical (unpaired) electrons. The number of carbonyl (C=O) groups is 1. The Morgan fingerprint density at radius 3 is 2.32 bits per heavy atom. The molecule has 0 bridgehead atoms. The van der Waals surface area contributed by atoms with Gasteiger partial charge >= 0.3 is 6.18 Å². The fraction of sp³-hybridized carbons (Fsp3) is 0.200. The molecule has 0 spiro atoms. The zero-order chi connectivity index (χ0) is 16.3. The van der Waals surface area contributed by atoms with Crippen molar-refractivity contribution < 1.29 is 22.7 Å². The van der Waals surface area contributed by atoms with Crippen LogP contribution in [0.1, 0.15) is 15.9 Å².